The Kier molecular flexibility index (Phi) is 9.29. The summed E-state index contributed by atoms with van der Waals surface area (Å²) in [5.41, 5.74) is 0.906. The number of thiazole rings is 1. The van der Waals surface area contributed by atoms with Crippen molar-refractivity contribution in [2.75, 3.05) is 54.4 Å². The van der Waals surface area contributed by atoms with Gasteiger partial charge in [0, 0.05) is 37.6 Å². The van der Waals surface area contributed by atoms with Crippen molar-refractivity contribution in [3.8, 4) is 10.6 Å². The normalized spacial score (nSPS) is 19.1. The van der Waals surface area contributed by atoms with Gasteiger partial charge in [0.1, 0.15) is 21.9 Å². The number of nitrogens with one attached hydrogen (secondary N) is 1. The molecular formula is C29H34Cl2N6O4S2. The SMILES string of the molecule is O=C(Nc1nc(-c2cc(Cl)cs2)c(N2CCN(C3CCCCC3)CC2)s1)c1cc(Cl)c(N2CCC(C(=O)O)CC2)[n+]([O-])c1. The Morgan fingerprint density at radius 2 is 1.72 bits per heavy atom. The van der Waals surface area contributed by atoms with Crippen LogP contribution >= 0.6 is 45.9 Å². The van der Waals surface area contributed by atoms with Gasteiger partial charge in [0.25, 0.3) is 11.7 Å². The van der Waals surface area contributed by atoms with E-state index in [1.54, 1.807) is 4.90 Å². The number of rotatable bonds is 7. The maximum atomic E-state index is 13.3. The first kappa shape index (κ1) is 30.4. The third-order valence-corrected chi connectivity index (χ3v) is 11.3. The second-order valence-electron chi connectivity index (χ2n) is 11.4. The monoisotopic (exact) mass is 664 g/mol. The van der Waals surface area contributed by atoms with Crippen molar-refractivity contribution in [2.24, 2.45) is 5.92 Å². The van der Waals surface area contributed by atoms with Gasteiger partial charge in [-0.3, -0.25) is 24.7 Å². The van der Waals surface area contributed by atoms with Crippen molar-refractivity contribution in [1.82, 2.24) is 9.88 Å². The first-order chi connectivity index (χ1) is 20.8. The molecule has 0 aromatic carbocycles. The standard InChI is InChI=1S/C29H34Cl2N6O4S2/c30-20-15-23(42-17-20)24-27(36-12-10-34(11-13-36)21-4-2-1-3-5-21)43-29(32-24)33-25(38)19-14-22(31)26(37(41)16-19)35-8-6-18(7-9-35)28(39)40/h14-18,21H,1-13H2,(H,39,40)(H,32,33,38). The summed E-state index contributed by atoms with van der Waals surface area (Å²) in [6.45, 7) is 4.56. The molecule has 3 aliphatic rings. The number of carbonyl (C=O) groups is 2. The van der Waals surface area contributed by atoms with E-state index in [-0.39, 0.29) is 16.4 Å². The number of amides is 1. The first-order valence-electron chi connectivity index (χ1n) is 14.7. The van der Waals surface area contributed by atoms with E-state index in [9.17, 15) is 19.9 Å². The Morgan fingerprint density at radius 3 is 2.35 bits per heavy atom. The summed E-state index contributed by atoms with van der Waals surface area (Å²) in [4.78, 5) is 37.1. The van der Waals surface area contributed by atoms with Crippen molar-refractivity contribution in [1.29, 1.82) is 0 Å². The number of hydrogen-bond donors (Lipinski definition) is 2. The van der Waals surface area contributed by atoms with E-state index >= 15 is 0 Å². The average Bonchev–Trinajstić information content (AvgIpc) is 3.63. The van der Waals surface area contributed by atoms with Gasteiger partial charge in [-0.1, -0.05) is 53.8 Å². The van der Waals surface area contributed by atoms with Gasteiger partial charge in [-0.15, -0.1) is 11.3 Å². The second-order valence-corrected chi connectivity index (χ2v) is 14.1. The van der Waals surface area contributed by atoms with Crippen LogP contribution in [-0.2, 0) is 4.79 Å². The number of carboxylic acids is 1. The maximum absolute atomic E-state index is 13.3. The van der Waals surface area contributed by atoms with Crippen molar-refractivity contribution >= 4 is 73.7 Å². The number of piperazine rings is 1. The molecule has 1 aliphatic carbocycles. The van der Waals surface area contributed by atoms with E-state index in [2.05, 4.69) is 15.1 Å². The lowest BCUT2D eigenvalue weighted by atomic mass is 9.94. The minimum Gasteiger partial charge on any atom is -0.711 e. The molecule has 0 spiro atoms. The lowest BCUT2D eigenvalue weighted by Gasteiger charge is -2.41. The molecule has 0 unspecified atom stereocenters. The summed E-state index contributed by atoms with van der Waals surface area (Å²) in [6.07, 6.45) is 8.60. The predicted octanol–water partition coefficient (Wildman–Crippen LogP) is 5.82. The lowest BCUT2D eigenvalue weighted by molar-refractivity contribution is -0.592. The van der Waals surface area contributed by atoms with Crippen LogP contribution in [0, 0.1) is 11.1 Å². The molecule has 1 saturated carbocycles. The van der Waals surface area contributed by atoms with Gasteiger partial charge in [-0.2, -0.15) is 0 Å². The number of nitrogens with zero attached hydrogens (tertiary/aromatic N) is 5. The Balaban J connectivity index is 1.18. The summed E-state index contributed by atoms with van der Waals surface area (Å²) in [5.74, 6) is -1.52. The molecule has 1 amide bonds. The largest absolute Gasteiger partial charge is 0.711 e. The smallest absolute Gasteiger partial charge is 0.306 e. The molecule has 10 nitrogen and oxygen atoms in total. The molecule has 2 saturated heterocycles. The third-order valence-electron chi connectivity index (χ3n) is 8.69. The summed E-state index contributed by atoms with van der Waals surface area (Å²) >= 11 is 15.7. The zero-order valence-electron chi connectivity index (χ0n) is 23.6. The molecule has 3 aromatic rings. The highest BCUT2D eigenvalue weighted by atomic mass is 35.5. The van der Waals surface area contributed by atoms with Crippen LogP contribution in [-0.4, -0.2) is 72.2 Å². The van der Waals surface area contributed by atoms with Crippen LogP contribution in [0.25, 0.3) is 10.6 Å². The van der Waals surface area contributed by atoms with Crippen molar-refractivity contribution < 1.29 is 19.4 Å². The number of carbonyl (C=O) groups excluding carboxylic acids is 1. The van der Waals surface area contributed by atoms with E-state index in [1.165, 1.54) is 67.0 Å². The molecule has 3 fully saturated rings. The van der Waals surface area contributed by atoms with Crippen LogP contribution in [0.3, 0.4) is 0 Å². The molecule has 230 valence electrons. The fraction of sp³-hybridized carbons (Fsp3) is 0.517. The summed E-state index contributed by atoms with van der Waals surface area (Å²) in [7, 11) is 0. The summed E-state index contributed by atoms with van der Waals surface area (Å²) in [5, 5.41) is 29.2. The van der Waals surface area contributed by atoms with Crippen molar-refractivity contribution in [3.05, 3.63) is 44.5 Å². The zero-order chi connectivity index (χ0) is 30.1. The fourth-order valence-corrected chi connectivity index (χ4v) is 8.84. The highest BCUT2D eigenvalue weighted by Gasteiger charge is 2.32. The molecule has 2 N–H and O–H groups in total. The topological polar surface area (TPSA) is 116 Å². The molecular weight excluding hydrogens is 631 g/mol. The van der Waals surface area contributed by atoms with Crippen LogP contribution in [0.2, 0.25) is 10.0 Å². The molecule has 43 heavy (non-hydrogen) atoms. The van der Waals surface area contributed by atoms with Crippen LogP contribution in [0.4, 0.5) is 16.0 Å². The Hall–Kier alpha value is -2.64. The van der Waals surface area contributed by atoms with Gasteiger partial charge in [-0.25, -0.2) is 9.71 Å². The minimum absolute atomic E-state index is 0.114. The van der Waals surface area contributed by atoms with E-state index in [1.807, 2.05) is 11.4 Å². The van der Waals surface area contributed by atoms with Crippen LogP contribution in [0.1, 0.15) is 55.3 Å². The van der Waals surface area contributed by atoms with E-state index in [0.717, 1.165) is 41.8 Å². The van der Waals surface area contributed by atoms with Crippen LogP contribution in [0.15, 0.2) is 23.7 Å². The van der Waals surface area contributed by atoms with Gasteiger partial charge >= 0.3 is 5.97 Å². The van der Waals surface area contributed by atoms with Crippen LogP contribution in [0.5, 0.6) is 0 Å². The third kappa shape index (κ3) is 6.73. The number of carboxylic acid groups (broad SMARTS) is 1. The van der Waals surface area contributed by atoms with Gasteiger partial charge in [0.2, 0.25) is 0 Å². The summed E-state index contributed by atoms with van der Waals surface area (Å²) in [6, 6.07) is 4.05. The van der Waals surface area contributed by atoms with Gasteiger partial charge in [0.05, 0.1) is 34.5 Å². The molecule has 0 radical (unpaired) electrons. The molecule has 3 aromatic heterocycles. The highest BCUT2D eigenvalue weighted by Crippen LogP contribution is 2.42. The molecule has 2 aliphatic heterocycles. The Morgan fingerprint density at radius 1 is 1.00 bits per heavy atom. The number of aromatic nitrogens is 2. The maximum Gasteiger partial charge on any atom is 0.306 e. The lowest BCUT2D eigenvalue weighted by Crippen LogP contribution is -2.50. The summed E-state index contributed by atoms with van der Waals surface area (Å²) < 4.78 is 0.594. The highest BCUT2D eigenvalue weighted by molar-refractivity contribution is 7.21. The number of thiophene rings is 1. The molecule has 6 rings (SSSR count). The first-order valence-corrected chi connectivity index (χ1v) is 17.2. The van der Waals surface area contributed by atoms with Crippen molar-refractivity contribution in [2.45, 2.75) is 51.0 Å². The van der Waals surface area contributed by atoms with Crippen molar-refractivity contribution in [3.63, 3.8) is 0 Å². The van der Waals surface area contributed by atoms with E-state index in [0.29, 0.717) is 46.9 Å². The fourth-order valence-electron chi connectivity index (χ4n) is 6.37. The van der Waals surface area contributed by atoms with E-state index < -0.39 is 17.8 Å². The number of piperidine rings is 1. The van der Waals surface area contributed by atoms with Crippen LogP contribution < -0.4 is 19.8 Å². The number of hydrogen-bond acceptors (Lipinski definition) is 9. The quantitative estimate of drug-likeness (QED) is 0.240. The number of halogens is 2. The zero-order valence-corrected chi connectivity index (χ0v) is 26.8. The van der Waals surface area contributed by atoms with E-state index in [4.69, 9.17) is 28.2 Å². The number of pyridine rings is 1. The average molecular weight is 666 g/mol. The molecule has 5 heterocycles. The predicted molar refractivity (Wildman–Crippen MR) is 172 cm³/mol. The molecule has 0 bridgehead atoms. The Labute approximate surface area is 268 Å². The Bertz CT molecular complexity index is 1450. The molecule has 14 heteroatoms. The molecule has 0 atom stereocenters. The second kappa shape index (κ2) is 13.2. The minimum atomic E-state index is -0.829. The number of aliphatic carboxylic acids is 1. The number of anilines is 3. The van der Waals surface area contributed by atoms with Gasteiger partial charge in [0.15, 0.2) is 5.13 Å². The van der Waals surface area contributed by atoms with Gasteiger partial charge < -0.3 is 15.2 Å². The van der Waals surface area contributed by atoms with Gasteiger partial charge in [-0.05, 0) is 37.8 Å².